The lowest BCUT2D eigenvalue weighted by molar-refractivity contribution is -0.137. The zero-order chi connectivity index (χ0) is 24.8. The molecule has 35 heavy (non-hydrogen) atoms. The number of nitrogens with zero attached hydrogens (tertiary/aromatic N) is 1. The molecule has 1 N–H and O–H groups in total. The van der Waals surface area contributed by atoms with E-state index >= 15 is 0 Å². The van der Waals surface area contributed by atoms with Crippen molar-refractivity contribution in [2.45, 2.75) is 13.2 Å². The van der Waals surface area contributed by atoms with Crippen molar-refractivity contribution in [2.75, 3.05) is 13.7 Å². The van der Waals surface area contributed by atoms with Crippen LogP contribution in [-0.4, -0.2) is 35.5 Å². The summed E-state index contributed by atoms with van der Waals surface area (Å²) < 4.78 is 24.8. The maximum atomic E-state index is 13.9. The monoisotopic (exact) mass is 473 g/mol. The molecular formula is C28H24FNO5. The van der Waals surface area contributed by atoms with E-state index < -0.39 is 18.4 Å². The zero-order valence-corrected chi connectivity index (χ0v) is 19.1. The third-order valence-electron chi connectivity index (χ3n) is 5.61. The molecule has 0 spiro atoms. The first kappa shape index (κ1) is 23.8. The molecule has 0 fully saturated rings. The van der Waals surface area contributed by atoms with E-state index in [9.17, 15) is 19.1 Å². The van der Waals surface area contributed by atoms with Crippen LogP contribution < -0.4 is 9.47 Å². The predicted molar refractivity (Wildman–Crippen MR) is 130 cm³/mol. The van der Waals surface area contributed by atoms with Crippen LogP contribution in [0.1, 0.15) is 21.5 Å². The van der Waals surface area contributed by atoms with Crippen molar-refractivity contribution in [1.29, 1.82) is 0 Å². The zero-order valence-electron chi connectivity index (χ0n) is 19.1. The molecular weight excluding hydrogens is 449 g/mol. The van der Waals surface area contributed by atoms with Gasteiger partial charge in [0.2, 0.25) is 0 Å². The highest BCUT2D eigenvalue weighted by Crippen LogP contribution is 2.26. The number of rotatable bonds is 9. The Labute approximate surface area is 202 Å². The van der Waals surface area contributed by atoms with E-state index in [4.69, 9.17) is 9.47 Å². The van der Waals surface area contributed by atoms with Crippen molar-refractivity contribution < 1.29 is 28.6 Å². The average molecular weight is 474 g/mol. The van der Waals surface area contributed by atoms with Crippen LogP contribution in [0.5, 0.6) is 11.5 Å². The van der Waals surface area contributed by atoms with Gasteiger partial charge in [-0.2, -0.15) is 0 Å². The number of methoxy groups -OCH3 is 1. The van der Waals surface area contributed by atoms with E-state index in [1.54, 1.807) is 48.5 Å². The fourth-order valence-corrected chi connectivity index (χ4v) is 3.82. The first-order valence-electron chi connectivity index (χ1n) is 11.0. The summed E-state index contributed by atoms with van der Waals surface area (Å²) in [6.07, 6.45) is 0. The van der Waals surface area contributed by atoms with Crippen molar-refractivity contribution in [3.8, 4) is 11.5 Å². The van der Waals surface area contributed by atoms with Crippen molar-refractivity contribution in [3.63, 3.8) is 0 Å². The Kier molecular flexibility index (Phi) is 7.26. The summed E-state index contributed by atoms with van der Waals surface area (Å²) >= 11 is 0. The maximum Gasteiger partial charge on any atom is 0.323 e. The van der Waals surface area contributed by atoms with E-state index in [-0.39, 0.29) is 19.0 Å². The molecule has 4 aromatic carbocycles. The van der Waals surface area contributed by atoms with Gasteiger partial charge in [-0.05, 0) is 58.8 Å². The van der Waals surface area contributed by atoms with Crippen molar-refractivity contribution >= 4 is 22.6 Å². The summed E-state index contributed by atoms with van der Waals surface area (Å²) in [5.41, 5.74) is 1.63. The molecule has 0 saturated heterocycles. The highest BCUT2D eigenvalue weighted by Gasteiger charge is 2.20. The van der Waals surface area contributed by atoms with E-state index in [0.717, 1.165) is 16.3 Å². The molecule has 0 aromatic heterocycles. The molecule has 0 bridgehead atoms. The number of amides is 1. The number of ether oxygens (including phenoxy) is 2. The van der Waals surface area contributed by atoms with Gasteiger partial charge in [0, 0.05) is 17.7 Å². The van der Waals surface area contributed by atoms with Crippen LogP contribution in [0.4, 0.5) is 4.39 Å². The fraction of sp³-hybridized carbons (Fsp3) is 0.143. The first-order chi connectivity index (χ1) is 16.9. The van der Waals surface area contributed by atoms with Gasteiger partial charge in [-0.3, -0.25) is 9.59 Å². The molecule has 0 unspecified atom stereocenters. The number of benzene rings is 4. The molecule has 6 nitrogen and oxygen atoms in total. The number of aliphatic carboxylic acids is 1. The van der Waals surface area contributed by atoms with Gasteiger partial charge < -0.3 is 19.5 Å². The Hall–Kier alpha value is -4.39. The van der Waals surface area contributed by atoms with Gasteiger partial charge in [0.05, 0.1) is 7.11 Å². The Morgan fingerprint density at radius 1 is 0.886 bits per heavy atom. The normalized spacial score (nSPS) is 10.7. The van der Waals surface area contributed by atoms with E-state index in [1.807, 2.05) is 30.3 Å². The van der Waals surface area contributed by atoms with Gasteiger partial charge in [-0.15, -0.1) is 0 Å². The van der Waals surface area contributed by atoms with Crippen LogP contribution in [-0.2, 0) is 17.9 Å². The predicted octanol–water partition coefficient (Wildman–Crippen LogP) is 5.29. The third-order valence-corrected chi connectivity index (χ3v) is 5.61. The molecule has 0 aliphatic rings. The summed E-state index contributed by atoms with van der Waals surface area (Å²) in [5, 5.41) is 11.1. The summed E-state index contributed by atoms with van der Waals surface area (Å²) in [6, 6.07) is 24.1. The lowest BCUT2D eigenvalue weighted by Gasteiger charge is -2.22. The smallest absolute Gasteiger partial charge is 0.323 e. The fourth-order valence-electron chi connectivity index (χ4n) is 3.82. The van der Waals surface area contributed by atoms with Crippen molar-refractivity contribution in [2.24, 2.45) is 0 Å². The van der Waals surface area contributed by atoms with E-state index in [2.05, 4.69) is 0 Å². The molecule has 1 amide bonds. The largest absolute Gasteiger partial charge is 0.497 e. The van der Waals surface area contributed by atoms with E-state index in [0.29, 0.717) is 22.6 Å². The van der Waals surface area contributed by atoms with Crippen molar-refractivity contribution in [3.05, 3.63) is 107 Å². The summed E-state index contributed by atoms with van der Waals surface area (Å²) in [6.45, 7) is -0.227. The Bertz CT molecular complexity index is 1350. The van der Waals surface area contributed by atoms with Gasteiger partial charge in [-0.25, -0.2) is 4.39 Å². The number of halogens is 1. The number of fused-ring (bicyclic) bond motifs is 1. The lowest BCUT2D eigenvalue weighted by atomic mass is 10.0. The molecule has 0 aliphatic heterocycles. The van der Waals surface area contributed by atoms with Crippen LogP contribution in [0.3, 0.4) is 0 Å². The molecule has 4 aromatic rings. The highest BCUT2D eigenvalue weighted by molar-refractivity contribution is 5.96. The van der Waals surface area contributed by atoms with Crippen molar-refractivity contribution in [1.82, 2.24) is 4.90 Å². The highest BCUT2D eigenvalue weighted by atomic mass is 19.1. The second kappa shape index (κ2) is 10.7. The topological polar surface area (TPSA) is 76.1 Å². The van der Waals surface area contributed by atoms with Crippen LogP contribution in [0, 0.1) is 5.82 Å². The maximum absolute atomic E-state index is 13.9. The van der Waals surface area contributed by atoms with Gasteiger partial charge in [0.1, 0.15) is 30.5 Å². The quantitative estimate of drug-likeness (QED) is 0.357. The molecule has 178 valence electrons. The minimum Gasteiger partial charge on any atom is -0.497 e. The molecule has 0 saturated carbocycles. The first-order valence-corrected chi connectivity index (χ1v) is 11.0. The van der Waals surface area contributed by atoms with Crippen LogP contribution in [0.2, 0.25) is 0 Å². The number of carbonyl (C=O) groups excluding carboxylic acids is 1. The van der Waals surface area contributed by atoms with Gasteiger partial charge in [0.25, 0.3) is 5.91 Å². The lowest BCUT2D eigenvalue weighted by Crippen LogP contribution is -2.35. The Balaban J connectivity index is 1.56. The van der Waals surface area contributed by atoms with Crippen LogP contribution in [0.25, 0.3) is 10.8 Å². The second-order valence-electron chi connectivity index (χ2n) is 7.96. The SMILES string of the molecule is COc1ccc(C(=O)N(CC(=O)O)Cc2cccc3cc(OCc4ccccc4F)ccc23)cc1. The minimum atomic E-state index is -1.10. The number of hydrogen-bond acceptors (Lipinski definition) is 4. The molecule has 0 atom stereocenters. The van der Waals surface area contributed by atoms with E-state index in [1.165, 1.54) is 18.1 Å². The number of hydrogen-bond donors (Lipinski definition) is 1. The minimum absolute atomic E-state index is 0.0978. The third kappa shape index (κ3) is 5.76. The van der Waals surface area contributed by atoms with Gasteiger partial charge in [-0.1, -0.05) is 42.5 Å². The summed E-state index contributed by atoms with van der Waals surface area (Å²) in [4.78, 5) is 25.9. The summed E-state index contributed by atoms with van der Waals surface area (Å²) in [5.74, 6) is -0.633. The molecule has 7 heteroatoms. The van der Waals surface area contributed by atoms with Gasteiger partial charge >= 0.3 is 5.97 Å². The van der Waals surface area contributed by atoms with Crippen LogP contribution >= 0.6 is 0 Å². The average Bonchev–Trinajstić information content (AvgIpc) is 2.87. The number of carboxylic acids is 1. The number of carbonyl (C=O) groups is 2. The van der Waals surface area contributed by atoms with Gasteiger partial charge in [0.15, 0.2) is 0 Å². The van der Waals surface area contributed by atoms with Crippen LogP contribution in [0.15, 0.2) is 84.9 Å². The standard InChI is InChI=1S/C28H24FNO5/c1-34-23-11-9-19(10-12-23)28(33)30(17-27(31)32)16-21-7-4-6-20-15-24(13-14-25(20)21)35-18-22-5-2-3-8-26(22)29/h2-15H,16-18H2,1H3,(H,31,32). The molecule has 0 heterocycles. The number of carboxylic acid groups (broad SMARTS) is 1. The molecule has 4 rings (SSSR count). The Morgan fingerprint density at radius 3 is 2.31 bits per heavy atom. The molecule has 0 aliphatic carbocycles. The Morgan fingerprint density at radius 2 is 1.60 bits per heavy atom. The second-order valence-corrected chi connectivity index (χ2v) is 7.96. The summed E-state index contributed by atoms with van der Waals surface area (Å²) in [7, 11) is 1.53. The molecule has 0 radical (unpaired) electrons.